The normalized spacial score (nSPS) is 10.8. The molecular formula is C27H24Br2N4O5. The number of nitriles is 4. The molecule has 0 unspecified atom stereocenters. The van der Waals surface area contributed by atoms with E-state index in [1.54, 1.807) is 27.7 Å². The molecule has 38 heavy (non-hydrogen) atoms. The number of ether oxygens (including phenoxy) is 4. The van der Waals surface area contributed by atoms with Gasteiger partial charge < -0.3 is 18.9 Å². The number of hydrogen-bond donors (Lipinski definition) is 0. The molecule has 0 atom stereocenters. The fourth-order valence-corrected chi connectivity index (χ4v) is 4.91. The summed E-state index contributed by atoms with van der Waals surface area (Å²) < 4.78 is 22.7. The number of benzene rings is 2. The topological polar surface area (TPSA) is 149 Å². The molecule has 0 aromatic heterocycles. The highest BCUT2D eigenvalue weighted by Gasteiger charge is 2.33. The quantitative estimate of drug-likeness (QED) is 0.306. The molecule has 0 N–H and O–H groups in total. The fourth-order valence-electron chi connectivity index (χ4n) is 3.85. The molecule has 2 aromatic rings. The molecule has 0 aliphatic carbocycles. The van der Waals surface area contributed by atoms with E-state index in [1.165, 1.54) is 26.4 Å². The molecular weight excluding hydrogens is 620 g/mol. The van der Waals surface area contributed by atoms with Gasteiger partial charge >= 0.3 is 6.16 Å². The third-order valence-electron chi connectivity index (χ3n) is 5.49. The molecule has 0 amide bonds. The number of halogens is 2. The summed E-state index contributed by atoms with van der Waals surface area (Å²) in [6.45, 7) is 6.62. The van der Waals surface area contributed by atoms with Crippen molar-refractivity contribution in [1.29, 1.82) is 21.0 Å². The number of carbonyl (C=O) groups excluding carboxylic acids is 1. The van der Waals surface area contributed by atoms with Gasteiger partial charge in [0, 0.05) is 24.0 Å². The van der Waals surface area contributed by atoms with Crippen molar-refractivity contribution in [3.8, 4) is 35.8 Å². The summed E-state index contributed by atoms with van der Waals surface area (Å²) in [7, 11) is 2.84. The van der Waals surface area contributed by atoms with Gasteiger partial charge in [0.2, 0.25) is 0 Å². The van der Waals surface area contributed by atoms with Crippen LogP contribution in [-0.4, -0.2) is 31.6 Å². The summed E-state index contributed by atoms with van der Waals surface area (Å²) in [6.07, 6.45) is -0.780. The number of methoxy groups -OCH3 is 2. The van der Waals surface area contributed by atoms with E-state index < -0.39 is 17.4 Å². The zero-order chi connectivity index (χ0) is 28.8. The van der Waals surface area contributed by atoms with Crippen molar-refractivity contribution in [3.05, 3.63) is 54.5 Å². The van der Waals surface area contributed by atoms with Crippen LogP contribution in [0, 0.1) is 45.3 Å². The Morgan fingerprint density at radius 3 is 1.34 bits per heavy atom. The van der Waals surface area contributed by atoms with Gasteiger partial charge in [-0.3, -0.25) is 0 Å². The summed E-state index contributed by atoms with van der Waals surface area (Å²) in [4.78, 5) is 12.9. The zero-order valence-corrected chi connectivity index (χ0v) is 24.8. The Morgan fingerprint density at radius 2 is 1.08 bits per heavy atom. The van der Waals surface area contributed by atoms with Gasteiger partial charge in [0.1, 0.15) is 47.0 Å². The van der Waals surface area contributed by atoms with Crippen molar-refractivity contribution < 1.29 is 23.7 Å². The first-order valence-corrected chi connectivity index (χ1v) is 12.7. The Kier molecular flexibility index (Phi) is 9.76. The first kappa shape index (κ1) is 30.5. The van der Waals surface area contributed by atoms with Gasteiger partial charge in [0.25, 0.3) is 0 Å². The first-order chi connectivity index (χ1) is 17.8. The lowest BCUT2D eigenvalue weighted by Gasteiger charge is -2.30. The maximum absolute atomic E-state index is 12.9. The minimum Gasteiger partial charge on any atom is -0.496 e. The number of carbonyl (C=O) groups is 1. The van der Waals surface area contributed by atoms with Gasteiger partial charge in [-0.1, -0.05) is 0 Å². The lowest BCUT2D eigenvalue weighted by molar-refractivity contribution is -0.0585. The van der Waals surface area contributed by atoms with Crippen molar-refractivity contribution in [2.75, 3.05) is 14.2 Å². The summed E-state index contributed by atoms with van der Waals surface area (Å²) in [5.74, 6) is 0.628. The predicted molar refractivity (Wildman–Crippen MR) is 143 cm³/mol. The molecule has 0 spiro atoms. The van der Waals surface area contributed by atoms with Crippen LogP contribution in [0.4, 0.5) is 4.79 Å². The van der Waals surface area contributed by atoms with Crippen LogP contribution in [0.15, 0.2) is 21.1 Å². The first-order valence-electron chi connectivity index (χ1n) is 11.1. The van der Waals surface area contributed by atoms with E-state index in [0.29, 0.717) is 31.6 Å². The molecule has 9 nitrogen and oxygen atoms in total. The summed E-state index contributed by atoms with van der Waals surface area (Å²) in [6, 6.07) is 11.2. The molecule has 0 bridgehead atoms. The standard InChI is InChI=1S/C27H24Br2N4O5/c1-26(2,9-17-19(13-32)23(28)15(11-30)7-21(17)35-5)37-25(34)38-27(3,4)10-18-20(14-33)24(29)16(12-31)8-22(18)36-6/h7-8H,9-10H2,1-6H3. The van der Waals surface area contributed by atoms with Crippen molar-refractivity contribution in [3.63, 3.8) is 0 Å². The van der Waals surface area contributed by atoms with Crippen molar-refractivity contribution in [2.24, 2.45) is 0 Å². The van der Waals surface area contributed by atoms with Crippen LogP contribution in [0.25, 0.3) is 0 Å². The summed E-state index contributed by atoms with van der Waals surface area (Å²) in [5, 5.41) is 38.1. The molecule has 2 aromatic carbocycles. The molecule has 196 valence electrons. The summed E-state index contributed by atoms with van der Waals surface area (Å²) >= 11 is 6.59. The fraction of sp³-hybridized carbons (Fsp3) is 0.370. The second-order valence-electron chi connectivity index (χ2n) is 9.36. The lowest BCUT2D eigenvalue weighted by atomic mass is 9.92. The second-order valence-corrected chi connectivity index (χ2v) is 10.9. The zero-order valence-electron chi connectivity index (χ0n) is 21.7. The van der Waals surface area contributed by atoms with E-state index in [0.717, 1.165) is 0 Å². The van der Waals surface area contributed by atoms with Gasteiger partial charge in [-0.05, 0) is 71.7 Å². The highest BCUT2D eigenvalue weighted by Crippen LogP contribution is 2.37. The number of hydrogen-bond acceptors (Lipinski definition) is 9. The Balaban J connectivity index is 2.31. The maximum atomic E-state index is 12.9. The SMILES string of the molecule is COc1cc(C#N)c(Br)c(C#N)c1CC(C)(C)OC(=O)OC(C)(C)Cc1c(OC)cc(C#N)c(Br)c1C#N. The van der Waals surface area contributed by atoms with Crippen LogP contribution in [0.2, 0.25) is 0 Å². The third kappa shape index (κ3) is 6.75. The van der Waals surface area contributed by atoms with E-state index >= 15 is 0 Å². The predicted octanol–water partition coefficient (Wildman–Crippen LogP) is 6.21. The monoisotopic (exact) mass is 642 g/mol. The lowest BCUT2D eigenvalue weighted by Crippen LogP contribution is -2.37. The van der Waals surface area contributed by atoms with Crippen LogP contribution in [0.5, 0.6) is 11.5 Å². The van der Waals surface area contributed by atoms with Crippen LogP contribution >= 0.6 is 31.9 Å². The van der Waals surface area contributed by atoms with Crippen LogP contribution in [-0.2, 0) is 22.3 Å². The average molecular weight is 644 g/mol. The molecule has 0 radical (unpaired) electrons. The molecule has 0 fully saturated rings. The maximum Gasteiger partial charge on any atom is 0.509 e. The second kappa shape index (κ2) is 12.2. The van der Waals surface area contributed by atoms with Crippen LogP contribution in [0.3, 0.4) is 0 Å². The molecule has 2 rings (SSSR count). The van der Waals surface area contributed by atoms with Crippen molar-refractivity contribution in [2.45, 2.75) is 51.7 Å². The largest absolute Gasteiger partial charge is 0.509 e. The van der Waals surface area contributed by atoms with Gasteiger partial charge in [-0.25, -0.2) is 4.79 Å². The highest BCUT2D eigenvalue weighted by molar-refractivity contribution is 9.11. The highest BCUT2D eigenvalue weighted by atomic mass is 79.9. The average Bonchev–Trinajstić information content (AvgIpc) is 2.83. The minimum atomic E-state index is -1.13. The molecule has 11 heteroatoms. The Bertz CT molecular complexity index is 1330. The van der Waals surface area contributed by atoms with E-state index in [-0.39, 0.29) is 35.1 Å². The Hall–Kier alpha value is -3.77. The minimum absolute atomic E-state index is 0.0911. The third-order valence-corrected chi connectivity index (χ3v) is 7.14. The molecule has 0 saturated carbocycles. The number of nitrogens with zero attached hydrogens (tertiary/aromatic N) is 4. The Labute approximate surface area is 238 Å². The van der Waals surface area contributed by atoms with Gasteiger partial charge in [0.05, 0.1) is 45.4 Å². The van der Waals surface area contributed by atoms with E-state index in [1.807, 2.05) is 12.1 Å². The molecule has 0 saturated heterocycles. The smallest absolute Gasteiger partial charge is 0.496 e. The van der Waals surface area contributed by atoms with Gasteiger partial charge in [-0.15, -0.1) is 0 Å². The van der Waals surface area contributed by atoms with Crippen LogP contribution < -0.4 is 9.47 Å². The van der Waals surface area contributed by atoms with E-state index in [9.17, 15) is 25.8 Å². The number of rotatable bonds is 8. The molecule has 0 aliphatic rings. The van der Waals surface area contributed by atoms with Crippen LogP contribution in [0.1, 0.15) is 61.1 Å². The molecule has 0 heterocycles. The van der Waals surface area contributed by atoms with Gasteiger partial charge in [0.15, 0.2) is 0 Å². The van der Waals surface area contributed by atoms with Crippen molar-refractivity contribution in [1.82, 2.24) is 0 Å². The summed E-state index contributed by atoms with van der Waals surface area (Å²) in [5.41, 5.74) is -0.457. The van der Waals surface area contributed by atoms with Crippen molar-refractivity contribution >= 4 is 38.0 Å². The van der Waals surface area contributed by atoms with E-state index in [4.69, 9.17) is 18.9 Å². The van der Waals surface area contributed by atoms with Gasteiger partial charge in [-0.2, -0.15) is 21.0 Å². The Morgan fingerprint density at radius 1 is 0.737 bits per heavy atom. The van der Waals surface area contributed by atoms with E-state index in [2.05, 4.69) is 44.0 Å². The molecule has 0 aliphatic heterocycles.